The van der Waals surface area contributed by atoms with E-state index in [1.54, 1.807) is 4.90 Å². The van der Waals surface area contributed by atoms with Crippen LogP contribution in [0.3, 0.4) is 0 Å². The number of hydrogen-bond donors (Lipinski definition) is 3. The molecule has 3 N–H and O–H groups in total. The van der Waals surface area contributed by atoms with Gasteiger partial charge in [0.05, 0.1) is 6.07 Å². The Morgan fingerprint density at radius 2 is 1.93 bits per heavy atom. The van der Waals surface area contributed by atoms with Crippen LogP contribution >= 0.6 is 0 Å². The Bertz CT molecular complexity index is 959. The second-order valence-electron chi connectivity index (χ2n) is 8.17. The Hall–Kier alpha value is -3.41. The minimum absolute atomic E-state index is 0.0547. The van der Waals surface area contributed by atoms with Crippen LogP contribution in [0, 0.1) is 17.2 Å². The molecule has 0 aromatic heterocycles. The number of nitrogens with zero attached hydrogens (tertiary/aromatic N) is 2. The maximum absolute atomic E-state index is 12.6. The summed E-state index contributed by atoms with van der Waals surface area (Å²) < 4.78 is 0. The molecule has 1 spiro atoms. The summed E-state index contributed by atoms with van der Waals surface area (Å²) in [6.45, 7) is 1.38. The predicted molar refractivity (Wildman–Crippen MR) is 104 cm³/mol. The zero-order valence-electron chi connectivity index (χ0n) is 16.5. The fourth-order valence-electron chi connectivity index (χ4n) is 4.50. The number of hydrogen-bond acceptors (Lipinski definition) is 5. The average molecular weight is 409 g/mol. The lowest BCUT2D eigenvalue weighted by Crippen LogP contribution is -2.50. The van der Waals surface area contributed by atoms with Gasteiger partial charge >= 0.3 is 6.03 Å². The van der Waals surface area contributed by atoms with Gasteiger partial charge in [0.15, 0.2) is 0 Å². The maximum atomic E-state index is 12.6. The Morgan fingerprint density at radius 3 is 2.60 bits per heavy atom. The lowest BCUT2D eigenvalue weighted by atomic mass is 9.76. The normalized spacial score (nSPS) is 24.8. The standard InChI is InChI=1S/C21H23N5O4/c22-8-5-17(27)26-11-15-2-1-13(9-16(15)12-26)10-23-18(28)14-3-6-21(7-4-14)19(29)24-20(30)25-21/h1-2,9,14H,3-7,10-12H2,(H,23,28)(H2,24,25,29,30). The summed E-state index contributed by atoms with van der Waals surface area (Å²) in [5.74, 6) is -0.715. The summed E-state index contributed by atoms with van der Waals surface area (Å²) in [5.41, 5.74) is 2.19. The maximum Gasteiger partial charge on any atom is 0.322 e. The highest BCUT2D eigenvalue weighted by Crippen LogP contribution is 2.34. The van der Waals surface area contributed by atoms with E-state index in [-0.39, 0.29) is 30.1 Å². The van der Waals surface area contributed by atoms with E-state index >= 15 is 0 Å². The molecule has 3 aliphatic rings. The molecule has 2 fully saturated rings. The molecule has 30 heavy (non-hydrogen) atoms. The van der Waals surface area contributed by atoms with Crippen LogP contribution < -0.4 is 16.0 Å². The molecular weight excluding hydrogens is 386 g/mol. The molecule has 1 aliphatic carbocycles. The molecule has 1 aromatic rings. The van der Waals surface area contributed by atoms with E-state index in [0.717, 1.165) is 16.7 Å². The number of imide groups is 1. The summed E-state index contributed by atoms with van der Waals surface area (Å²) in [6, 6.07) is 7.31. The number of rotatable bonds is 4. The van der Waals surface area contributed by atoms with Crippen molar-refractivity contribution >= 4 is 23.8 Å². The smallest absolute Gasteiger partial charge is 0.322 e. The van der Waals surface area contributed by atoms with E-state index in [2.05, 4.69) is 16.0 Å². The van der Waals surface area contributed by atoms with E-state index in [1.165, 1.54) is 0 Å². The molecular formula is C21H23N5O4. The minimum Gasteiger partial charge on any atom is -0.352 e. The predicted octanol–water partition coefficient (Wildman–Crippen LogP) is 0.827. The molecule has 1 aromatic carbocycles. The first-order valence-electron chi connectivity index (χ1n) is 10.1. The van der Waals surface area contributed by atoms with Crippen LogP contribution in [0.1, 0.15) is 48.8 Å². The summed E-state index contributed by atoms with van der Waals surface area (Å²) in [7, 11) is 0. The van der Waals surface area contributed by atoms with Crippen LogP contribution in [-0.4, -0.2) is 34.2 Å². The second kappa shape index (κ2) is 7.78. The van der Waals surface area contributed by atoms with Crippen molar-refractivity contribution in [2.75, 3.05) is 0 Å². The third kappa shape index (κ3) is 3.73. The van der Waals surface area contributed by atoms with E-state index in [1.807, 2.05) is 24.3 Å². The molecule has 9 nitrogen and oxygen atoms in total. The van der Waals surface area contributed by atoms with Crippen LogP contribution in [0.5, 0.6) is 0 Å². The second-order valence-corrected chi connectivity index (χ2v) is 8.17. The zero-order chi connectivity index (χ0) is 21.3. The van der Waals surface area contributed by atoms with Gasteiger partial charge in [0.1, 0.15) is 12.0 Å². The van der Waals surface area contributed by atoms with Gasteiger partial charge in [-0.05, 0) is 42.4 Å². The van der Waals surface area contributed by atoms with E-state index in [0.29, 0.717) is 45.3 Å². The minimum atomic E-state index is -0.858. The number of benzene rings is 1. The Balaban J connectivity index is 1.29. The van der Waals surface area contributed by atoms with Gasteiger partial charge in [-0.25, -0.2) is 4.79 Å². The number of fused-ring (bicyclic) bond motifs is 1. The highest BCUT2D eigenvalue weighted by Gasteiger charge is 2.48. The van der Waals surface area contributed by atoms with Gasteiger partial charge in [-0.1, -0.05) is 18.2 Å². The zero-order valence-corrected chi connectivity index (χ0v) is 16.5. The van der Waals surface area contributed by atoms with Crippen LogP contribution in [-0.2, 0) is 34.0 Å². The monoisotopic (exact) mass is 409 g/mol. The van der Waals surface area contributed by atoms with E-state index in [9.17, 15) is 19.2 Å². The van der Waals surface area contributed by atoms with Gasteiger partial charge in [0.2, 0.25) is 11.8 Å². The van der Waals surface area contributed by atoms with Crippen LogP contribution in [0.4, 0.5) is 4.79 Å². The molecule has 1 saturated heterocycles. The van der Waals surface area contributed by atoms with Gasteiger partial charge in [0, 0.05) is 25.6 Å². The summed E-state index contributed by atoms with van der Waals surface area (Å²) in [6.07, 6.45) is 1.87. The fraction of sp³-hybridized carbons (Fsp3) is 0.476. The number of amides is 5. The van der Waals surface area contributed by atoms with Crippen molar-refractivity contribution in [1.29, 1.82) is 5.26 Å². The van der Waals surface area contributed by atoms with E-state index in [4.69, 9.17) is 5.26 Å². The van der Waals surface area contributed by atoms with Gasteiger partial charge in [-0.2, -0.15) is 5.26 Å². The fourth-order valence-corrected chi connectivity index (χ4v) is 4.50. The van der Waals surface area contributed by atoms with Crippen molar-refractivity contribution in [2.45, 2.75) is 57.3 Å². The molecule has 156 valence electrons. The van der Waals surface area contributed by atoms with Crippen molar-refractivity contribution in [2.24, 2.45) is 5.92 Å². The summed E-state index contributed by atoms with van der Waals surface area (Å²) >= 11 is 0. The third-order valence-electron chi connectivity index (χ3n) is 6.27. The number of nitrogens with one attached hydrogen (secondary N) is 3. The molecule has 2 aliphatic heterocycles. The number of nitriles is 1. The Labute approximate surface area is 173 Å². The van der Waals surface area contributed by atoms with Crippen molar-refractivity contribution in [3.8, 4) is 6.07 Å². The first-order chi connectivity index (χ1) is 14.4. The molecule has 5 amide bonds. The first-order valence-corrected chi connectivity index (χ1v) is 10.1. The Morgan fingerprint density at radius 1 is 1.20 bits per heavy atom. The van der Waals surface area contributed by atoms with Crippen LogP contribution in [0.2, 0.25) is 0 Å². The number of urea groups is 1. The molecule has 0 radical (unpaired) electrons. The molecule has 4 rings (SSSR count). The highest BCUT2D eigenvalue weighted by molar-refractivity contribution is 6.07. The molecule has 1 saturated carbocycles. The van der Waals surface area contributed by atoms with Crippen LogP contribution in [0.25, 0.3) is 0 Å². The molecule has 0 unspecified atom stereocenters. The van der Waals surface area contributed by atoms with Crippen molar-refractivity contribution in [3.63, 3.8) is 0 Å². The molecule has 2 heterocycles. The first kappa shape index (κ1) is 19.9. The third-order valence-corrected chi connectivity index (χ3v) is 6.27. The van der Waals surface area contributed by atoms with Crippen LogP contribution in [0.15, 0.2) is 18.2 Å². The van der Waals surface area contributed by atoms with Gasteiger partial charge < -0.3 is 15.5 Å². The van der Waals surface area contributed by atoms with Crippen molar-refractivity contribution in [3.05, 3.63) is 34.9 Å². The highest BCUT2D eigenvalue weighted by atomic mass is 16.2. The Kier molecular flexibility index (Phi) is 5.16. The quantitative estimate of drug-likeness (QED) is 0.634. The van der Waals surface area contributed by atoms with Crippen molar-refractivity contribution < 1.29 is 19.2 Å². The van der Waals surface area contributed by atoms with Crippen molar-refractivity contribution in [1.82, 2.24) is 20.9 Å². The molecule has 0 atom stereocenters. The SMILES string of the molecule is N#CCC(=O)N1Cc2ccc(CNC(=O)C3CCC4(CC3)NC(=O)NC4=O)cc2C1. The summed E-state index contributed by atoms with van der Waals surface area (Å²) in [5, 5.41) is 16.6. The van der Waals surface area contributed by atoms with Gasteiger partial charge in [0.25, 0.3) is 5.91 Å². The van der Waals surface area contributed by atoms with E-state index < -0.39 is 11.6 Å². The topological polar surface area (TPSA) is 131 Å². The molecule has 0 bridgehead atoms. The lowest BCUT2D eigenvalue weighted by molar-refractivity contribution is -0.130. The largest absolute Gasteiger partial charge is 0.352 e. The molecule has 9 heteroatoms. The van der Waals surface area contributed by atoms with Gasteiger partial charge in [-0.15, -0.1) is 0 Å². The number of carbonyl (C=O) groups excluding carboxylic acids is 4. The average Bonchev–Trinajstić information content (AvgIpc) is 3.27. The summed E-state index contributed by atoms with van der Waals surface area (Å²) in [4.78, 5) is 49.6. The lowest BCUT2D eigenvalue weighted by Gasteiger charge is -2.33. The number of carbonyl (C=O) groups is 4. The van der Waals surface area contributed by atoms with Gasteiger partial charge in [-0.3, -0.25) is 19.7 Å².